The van der Waals surface area contributed by atoms with Crippen molar-refractivity contribution in [2.75, 3.05) is 44.9 Å². The fourth-order valence-electron chi connectivity index (χ4n) is 2.83. The smallest absolute Gasteiger partial charge is 0.248 e. The van der Waals surface area contributed by atoms with Crippen molar-refractivity contribution in [1.29, 1.82) is 0 Å². The van der Waals surface area contributed by atoms with E-state index in [4.69, 9.17) is 16.3 Å². The number of hydrogen-bond donors (Lipinski definition) is 0. The fourth-order valence-corrected chi connectivity index (χ4v) is 3.01. The summed E-state index contributed by atoms with van der Waals surface area (Å²) in [4.78, 5) is 41.8. The number of amides is 3. The van der Waals surface area contributed by atoms with E-state index in [1.54, 1.807) is 31.4 Å². The number of unbranched alkanes of at least 4 members (excludes halogenated alkanes) is 1. The van der Waals surface area contributed by atoms with Gasteiger partial charge >= 0.3 is 0 Å². The lowest BCUT2D eigenvalue weighted by atomic mass is 10.2. The molecular weight excluding hydrogens is 370 g/mol. The predicted molar refractivity (Wildman–Crippen MR) is 103 cm³/mol. The normalized spacial score (nSPS) is 14.0. The van der Waals surface area contributed by atoms with Gasteiger partial charge < -0.3 is 14.5 Å². The molecule has 148 valence electrons. The molecule has 1 aromatic rings. The van der Waals surface area contributed by atoms with Crippen LogP contribution in [0, 0.1) is 0 Å². The molecule has 0 aliphatic carbocycles. The van der Waals surface area contributed by atoms with Crippen molar-refractivity contribution in [1.82, 2.24) is 9.80 Å². The van der Waals surface area contributed by atoms with Gasteiger partial charge in [-0.05, 0) is 24.6 Å². The number of carbonyl (C=O) groups excluding carboxylic acids is 3. The largest absolute Gasteiger partial charge is 0.383 e. The third-order valence-electron chi connectivity index (χ3n) is 4.40. The summed E-state index contributed by atoms with van der Waals surface area (Å²) in [5.74, 6) is -0.500. The zero-order chi connectivity index (χ0) is 19.8. The van der Waals surface area contributed by atoms with Crippen LogP contribution in [0.5, 0.6) is 0 Å². The van der Waals surface area contributed by atoms with E-state index in [2.05, 4.69) is 0 Å². The Morgan fingerprint density at radius 3 is 2.78 bits per heavy atom. The van der Waals surface area contributed by atoms with Gasteiger partial charge in [0.2, 0.25) is 17.7 Å². The summed E-state index contributed by atoms with van der Waals surface area (Å²) in [6, 6.07) is 6.95. The molecule has 27 heavy (non-hydrogen) atoms. The second-order valence-electron chi connectivity index (χ2n) is 6.45. The highest BCUT2D eigenvalue weighted by atomic mass is 35.5. The van der Waals surface area contributed by atoms with Gasteiger partial charge in [0.1, 0.15) is 13.2 Å². The Hall–Kier alpha value is -2.12. The summed E-state index contributed by atoms with van der Waals surface area (Å²) in [7, 11) is 1.55. The summed E-state index contributed by atoms with van der Waals surface area (Å²) < 4.78 is 5.04. The minimum absolute atomic E-state index is 0.00733. The first-order chi connectivity index (χ1) is 13.0. The Balaban J connectivity index is 2.00. The number of ether oxygens (including phenoxy) is 1. The maximum atomic E-state index is 12.7. The number of anilines is 1. The van der Waals surface area contributed by atoms with Crippen LogP contribution in [0.4, 0.5) is 5.69 Å². The van der Waals surface area contributed by atoms with E-state index >= 15 is 0 Å². The summed E-state index contributed by atoms with van der Waals surface area (Å²) in [6.07, 6.45) is 2.09. The highest BCUT2D eigenvalue weighted by Gasteiger charge is 2.32. The molecule has 1 aliphatic heterocycles. The molecule has 1 heterocycles. The van der Waals surface area contributed by atoms with Crippen LogP contribution >= 0.6 is 11.6 Å². The molecule has 0 unspecified atom stereocenters. The van der Waals surface area contributed by atoms with Crippen LogP contribution in [0.3, 0.4) is 0 Å². The van der Waals surface area contributed by atoms with Gasteiger partial charge in [0.05, 0.1) is 13.2 Å². The van der Waals surface area contributed by atoms with E-state index in [1.807, 2.05) is 6.92 Å². The summed E-state index contributed by atoms with van der Waals surface area (Å²) >= 11 is 5.99. The van der Waals surface area contributed by atoms with Crippen LogP contribution in [-0.2, 0) is 19.1 Å². The van der Waals surface area contributed by atoms with Crippen molar-refractivity contribution >= 4 is 35.0 Å². The molecule has 0 atom stereocenters. The maximum Gasteiger partial charge on any atom is 0.248 e. The van der Waals surface area contributed by atoms with Crippen LogP contribution in [0.2, 0.25) is 5.02 Å². The quantitative estimate of drug-likeness (QED) is 0.642. The Labute approximate surface area is 164 Å². The molecule has 0 radical (unpaired) electrons. The summed E-state index contributed by atoms with van der Waals surface area (Å²) in [5.41, 5.74) is 0.651. The number of nitrogens with zero attached hydrogens (tertiary/aromatic N) is 3. The number of rotatable bonds is 9. The van der Waals surface area contributed by atoms with Gasteiger partial charge in [-0.2, -0.15) is 0 Å². The molecule has 1 aliphatic rings. The first-order valence-electron chi connectivity index (χ1n) is 9.06. The van der Waals surface area contributed by atoms with E-state index < -0.39 is 0 Å². The SMILES string of the molecule is CCCCC(=O)N(CCOC)CC(=O)N1CC(=O)N(c2cccc(Cl)c2)C1. The lowest BCUT2D eigenvalue weighted by Gasteiger charge is -2.25. The predicted octanol–water partition coefficient (Wildman–Crippen LogP) is 2.14. The van der Waals surface area contributed by atoms with Crippen LogP contribution in [0.25, 0.3) is 0 Å². The minimum Gasteiger partial charge on any atom is -0.383 e. The second-order valence-corrected chi connectivity index (χ2v) is 6.88. The molecule has 0 bridgehead atoms. The molecule has 0 N–H and O–H groups in total. The first-order valence-corrected chi connectivity index (χ1v) is 9.44. The van der Waals surface area contributed by atoms with Crippen LogP contribution in [0.15, 0.2) is 24.3 Å². The van der Waals surface area contributed by atoms with E-state index in [0.29, 0.717) is 30.3 Å². The van der Waals surface area contributed by atoms with Crippen molar-refractivity contribution in [3.05, 3.63) is 29.3 Å². The van der Waals surface area contributed by atoms with Gasteiger partial charge in [-0.25, -0.2) is 0 Å². The third kappa shape index (κ3) is 5.94. The third-order valence-corrected chi connectivity index (χ3v) is 4.64. The Morgan fingerprint density at radius 2 is 2.11 bits per heavy atom. The molecule has 7 nitrogen and oxygen atoms in total. The van der Waals surface area contributed by atoms with Crippen molar-refractivity contribution < 1.29 is 19.1 Å². The van der Waals surface area contributed by atoms with Gasteiger partial charge in [0.15, 0.2) is 0 Å². The molecule has 1 fully saturated rings. The average Bonchev–Trinajstić information content (AvgIpc) is 3.04. The van der Waals surface area contributed by atoms with Gasteiger partial charge in [0, 0.05) is 30.8 Å². The number of carbonyl (C=O) groups is 3. The van der Waals surface area contributed by atoms with Gasteiger partial charge in [-0.1, -0.05) is 31.0 Å². The topological polar surface area (TPSA) is 70.2 Å². The molecule has 2 rings (SSSR count). The van der Waals surface area contributed by atoms with Crippen molar-refractivity contribution in [2.24, 2.45) is 0 Å². The van der Waals surface area contributed by atoms with Crippen molar-refractivity contribution in [2.45, 2.75) is 26.2 Å². The zero-order valence-electron chi connectivity index (χ0n) is 15.8. The standard InChI is InChI=1S/C19H26ClN3O4/c1-3-4-8-17(24)21(9-10-27-2)12-18(25)22-13-19(26)23(14-22)16-7-5-6-15(20)11-16/h5-7,11H,3-4,8-10,12-14H2,1-2H3. The fraction of sp³-hybridized carbons (Fsp3) is 0.526. The van der Waals surface area contributed by atoms with E-state index in [0.717, 1.165) is 12.8 Å². The van der Waals surface area contributed by atoms with E-state index in [9.17, 15) is 14.4 Å². The Morgan fingerprint density at radius 1 is 1.33 bits per heavy atom. The monoisotopic (exact) mass is 395 g/mol. The number of hydrogen-bond acceptors (Lipinski definition) is 4. The van der Waals surface area contributed by atoms with Crippen LogP contribution in [0.1, 0.15) is 26.2 Å². The summed E-state index contributed by atoms with van der Waals surface area (Å²) in [5, 5.41) is 0.525. The lowest BCUT2D eigenvalue weighted by Crippen LogP contribution is -2.43. The molecule has 1 aromatic carbocycles. The minimum atomic E-state index is -0.256. The second kappa shape index (κ2) is 10.3. The molecule has 8 heteroatoms. The van der Waals surface area contributed by atoms with Crippen molar-refractivity contribution in [3.8, 4) is 0 Å². The molecule has 1 saturated heterocycles. The highest BCUT2D eigenvalue weighted by molar-refractivity contribution is 6.31. The Kier molecular flexibility index (Phi) is 8.06. The molecule has 0 spiro atoms. The molecule has 0 saturated carbocycles. The first kappa shape index (κ1) is 21.2. The average molecular weight is 396 g/mol. The molecule has 0 aromatic heterocycles. The van der Waals surface area contributed by atoms with Gasteiger partial charge in [0.25, 0.3) is 0 Å². The molecule has 3 amide bonds. The van der Waals surface area contributed by atoms with Gasteiger partial charge in [-0.15, -0.1) is 0 Å². The summed E-state index contributed by atoms with van der Waals surface area (Å²) in [6.45, 7) is 2.82. The van der Waals surface area contributed by atoms with Crippen LogP contribution in [-0.4, -0.2) is 67.5 Å². The zero-order valence-corrected chi connectivity index (χ0v) is 16.6. The van der Waals surface area contributed by atoms with E-state index in [-0.39, 0.29) is 37.5 Å². The van der Waals surface area contributed by atoms with E-state index in [1.165, 1.54) is 14.7 Å². The number of methoxy groups -OCH3 is 1. The van der Waals surface area contributed by atoms with Crippen LogP contribution < -0.4 is 4.90 Å². The van der Waals surface area contributed by atoms with Gasteiger partial charge in [-0.3, -0.25) is 19.3 Å². The number of halogens is 1. The molecular formula is C19H26ClN3O4. The highest BCUT2D eigenvalue weighted by Crippen LogP contribution is 2.23. The number of benzene rings is 1. The maximum absolute atomic E-state index is 12.7. The lowest BCUT2D eigenvalue weighted by molar-refractivity contribution is -0.140. The van der Waals surface area contributed by atoms with Crippen molar-refractivity contribution in [3.63, 3.8) is 0 Å². The Bertz CT molecular complexity index is 683.